The summed E-state index contributed by atoms with van der Waals surface area (Å²) >= 11 is 0. The SMILES string of the molecule is Cc1nn(C)cc1Cn1ncc(N)n1. The van der Waals surface area contributed by atoms with Crippen LogP contribution in [-0.4, -0.2) is 24.8 Å². The number of aryl methyl sites for hydroxylation is 2. The molecule has 0 aromatic carbocycles. The largest absolute Gasteiger partial charge is 0.381 e. The van der Waals surface area contributed by atoms with Crippen LogP contribution in [0.3, 0.4) is 0 Å². The molecule has 0 amide bonds. The summed E-state index contributed by atoms with van der Waals surface area (Å²) in [6.07, 6.45) is 3.49. The van der Waals surface area contributed by atoms with Gasteiger partial charge in [0.15, 0.2) is 5.82 Å². The van der Waals surface area contributed by atoms with Crippen LogP contribution >= 0.6 is 0 Å². The minimum absolute atomic E-state index is 0.437. The van der Waals surface area contributed by atoms with Crippen molar-refractivity contribution in [2.24, 2.45) is 7.05 Å². The zero-order valence-corrected chi connectivity index (χ0v) is 8.18. The fourth-order valence-electron chi connectivity index (χ4n) is 1.34. The first-order chi connectivity index (χ1) is 6.65. The molecule has 0 aliphatic carbocycles. The molecule has 2 rings (SSSR count). The van der Waals surface area contributed by atoms with E-state index >= 15 is 0 Å². The number of nitrogens with zero attached hydrogens (tertiary/aromatic N) is 5. The fraction of sp³-hybridized carbons (Fsp3) is 0.375. The molecule has 0 unspecified atom stereocenters. The van der Waals surface area contributed by atoms with Gasteiger partial charge in [0.2, 0.25) is 0 Å². The summed E-state index contributed by atoms with van der Waals surface area (Å²) in [7, 11) is 1.89. The van der Waals surface area contributed by atoms with Crippen LogP contribution in [0.2, 0.25) is 0 Å². The fourth-order valence-corrected chi connectivity index (χ4v) is 1.34. The molecule has 0 spiro atoms. The predicted molar refractivity (Wildman–Crippen MR) is 51.5 cm³/mol. The molecule has 0 bridgehead atoms. The van der Waals surface area contributed by atoms with Crippen molar-refractivity contribution in [3.05, 3.63) is 23.7 Å². The maximum atomic E-state index is 5.46. The quantitative estimate of drug-likeness (QED) is 0.724. The van der Waals surface area contributed by atoms with Crippen LogP contribution in [0, 0.1) is 6.92 Å². The predicted octanol–water partition coefficient (Wildman–Crippen LogP) is -0.0495. The number of nitrogens with two attached hydrogens (primary N) is 1. The molecule has 2 aromatic heterocycles. The lowest BCUT2D eigenvalue weighted by atomic mass is 10.3. The van der Waals surface area contributed by atoms with E-state index in [9.17, 15) is 0 Å². The lowest BCUT2D eigenvalue weighted by Crippen LogP contribution is -2.04. The zero-order valence-electron chi connectivity index (χ0n) is 8.18. The Balaban J connectivity index is 2.22. The minimum atomic E-state index is 0.437. The molecule has 6 nitrogen and oxygen atoms in total. The Labute approximate surface area is 81.3 Å². The Kier molecular flexibility index (Phi) is 1.95. The molecule has 14 heavy (non-hydrogen) atoms. The number of hydrogen-bond donors (Lipinski definition) is 1. The summed E-state index contributed by atoms with van der Waals surface area (Å²) in [6, 6.07) is 0. The van der Waals surface area contributed by atoms with Crippen LogP contribution in [0.15, 0.2) is 12.4 Å². The van der Waals surface area contributed by atoms with Crippen molar-refractivity contribution in [3.8, 4) is 0 Å². The molecule has 74 valence electrons. The normalized spacial score (nSPS) is 10.7. The van der Waals surface area contributed by atoms with E-state index in [2.05, 4.69) is 15.3 Å². The topological polar surface area (TPSA) is 74.5 Å². The van der Waals surface area contributed by atoms with Gasteiger partial charge in [-0.15, -0.1) is 5.10 Å². The third-order valence-corrected chi connectivity index (χ3v) is 1.98. The van der Waals surface area contributed by atoms with E-state index in [1.54, 1.807) is 9.48 Å². The highest BCUT2D eigenvalue weighted by Crippen LogP contribution is 2.06. The van der Waals surface area contributed by atoms with E-state index in [0.717, 1.165) is 11.3 Å². The van der Waals surface area contributed by atoms with Crippen molar-refractivity contribution in [1.82, 2.24) is 24.8 Å². The van der Waals surface area contributed by atoms with Crippen molar-refractivity contribution in [3.63, 3.8) is 0 Å². The molecule has 2 aromatic rings. The van der Waals surface area contributed by atoms with Gasteiger partial charge in [-0.3, -0.25) is 4.68 Å². The van der Waals surface area contributed by atoms with Gasteiger partial charge >= 0.3 is 0 Å². The summed E-state index contributed by atoms with van der Waals surface area (Å²) in [4.78, 5) is 1.55. The van der Waals surface area contributed by atoms with Gasteiger partial charge in [-0.1, -0.05) is 0 Å². The van der Waals surface area contributed by atoms with Gasteiger partial charge < -0.3 is 5.73 Å². The summed E-state index contributed by atoms with van der Waals surface area (Å²) < 4.78 is 1.78. The van der Waals surface area contributed by atoms with E-state index < -0.39 is 0 Å². The van der Waals surface area contributed by atoms with Gasteiger partial charge in [0.1, 0.15) is 0 Å². The van der Waals surface area contributed by atoms with Crippen molar-refractivity contribution in [2.45, 2.75) is 13.5 Å². The van der Waals surface area contributed by atoms with Gasteiger partial charge in [0.25, 0.3) is 0 Å². The molecular formula is C8H12N6. The summed E-state index contributed by atoms with van der Waals surface area (Å²) in [6.45, 7) is 2.57. The lowest BCUT2D eigenvalue weighted by molar-refractivity contribution is 0.591. The standard InChI is InChI=1S/C8H12N6/c1-6-7(4-13(2)11-6)5-14-10-3-8(9)12-14/h3-4H,5H2,1-2H3,(H2,9,12). The van der Waals surface area contributed by atoms with E-state index in [1.165, 1.54) is 6.20 Å². The van der Waals surface area contributed by atoms with Crippen LogP contribution in [-0.2, 0) is 13.6 Å². The molecule has 0 fully saturated rings. The molecule has 2 heterocycles. The van der Waals surface area contributed by atoms with Gasteiger partial charge in [-0.2, -0.15) is 15.0 Å². The van der Waals surface area contributed by atoms with Crippen molar-refractivity contribution in [2.75, 3.05) is 5.73 Å². The second kappa shape index (κ2) is 3.13. The number of rotatable bonds is 2. The Morgan fingerprint density at radius 2 is 2.21 bits per heavy atom. The molecular weight excluding hydrogens is 180 g/mol. The van der Waals surface area contributed by atoms with Crippen molar-refractivity contribution < 1.29 is 0 Å². The Morgan fingerprint density at radius 3 is 2.71 bits per heavy atom. The van der Waals surface area contributed by atoms with Crippen LogP contribution in [0.4, 0.5) is 5.82 Å². The highest BCUT2D eigenvalue weighted by atomic mass is 15.5. The smallest absolute Gasteiger partial charge is 0.165 e. The first-order valence-electron chi connectivity index (χ1n) is 4.30. The third kappa shape index (κ3) is 1.59. The van der Waals surface area contributed by atoms with E-state index in [1.807, 2.05) is 20.2 Å². The van der Waals surface area contributed by atoms with Gasteiger partial charge in [0.05, 0.1) is 18.4 Å². The molecule has 0 aliphatic heterocycles. The monoisotopic (exact) mass is 192 g/mol. The first kappa shape index (κ1) is 8.74. The first-order valence-corrected chi connectivity index (χ1v) is 4.30. The highest BCUT2D eigenvalue weighted by Gasteiger charge is 2.05. The molecule has 0 radical (unpaired) electrons. The van der Waals surface area contributed by atoms with Crippen LogP contribution < -0.4 is 5.73 Å². The van der Waals surface area contributed by atoms with Crippen LogP contribution in [0.25, 0.3) is 0 Å². The molecule has 6 heteroatoms. The average Bonchev–Trinajstić information content (AvgIpc) is 2.61. The van der Waals surface area contributed by atoms with Crippen molar-refractivity contribution in [1.29, 1.82) is 0 Å². The molecule has 2 N–H and O–H groups in total. The summed E-state index contributed by atoms with van der Waals surface area (Å²) in [5.74, 6) is 0.437. The van der Waals surface area contributed by atoms with E-state index in [4.69, 9.17) is 5.73 Å². The van der Waals surface area contributed by atoms with E-state index in [-0.39, 0.29) is 0 Å². The van der Waals surface area contributed by atoms with Crippen LogP contribution in [0.1, 0.15) is 11.3 Å². The Morgan fingerprint density at radius 1 is 1.43 bits per heavy atom. The maximum Gasteiger partial charge on any atom is 0.165 e. The van der Waals surface area contributed by atoms with E-state index in [0.29, 0.717) is 12.4 Å². The van der Waals surface area contributed by atoms with Gasteiger partial charge in [0, 0.05) is 18.8 Å². The lowest BCUT2D eigenvalue weighted by Gasteiger charge is -1.96. The number of aromatic nitrogens is 5. The summed E-state index contributed by atoms with van der Waals surface area (Å²) in [5.41, 5.74) is 7.55. The minimum Gasteiger partial charge on any atom is -0.381 e. The molecule has 0 aliphatic rings. The number of hydrogen-bond acceptors (Lipinski definition) is 4. The second-order valence-corrected chi connectivity index (χ2v) is 3.21. The zero-order chi connectivity index (χ0) is 10.1. The summed E-state index contributed by atoms with van der Waals surface area (Å²) in [5, 5.41) is 12.2. The molecule has 0 saturated carbocycles. The number of anilines is 1. The maximum absolute atomic E-state index is 5.46. The van der Waals surface area contributed by atoms with Gasteiger partial charge in [-0.25, -0.2) is 0 Å². The van der Waals surface area contributed by atoms with Crippen molar-refractivity contribution >= 4 is 5.82 Å². The third-order valence-electron chi connectivity index (χ3n) is 1.98. The van der Waals surface area contributed by atoms with Gasteiger partial charge in [-0.05, 0) is 6.92 Å². The van der Waals surface area contributed by atoms with Crippen LogP contribution in [0.5, 0.6) is 0 Å². The molecule has 0 saturated heterocycles. The highest BCUT2D eigenvalue weighted by molar-refractivity contribution is 5.20. The second-order valence-electron chi connectivity index (χ2n) is 3.21. The Hall–Kier alpha value is -1.85. The molecule has 0 atom stereocenters. The average molecular weight is 192 g/mol. The number of nitrogen functional groups attached to an aromatic ring is 1. The Bertz CT molecular complexity index is 440.